The smallest absolute Gasteiger partial charge is 0.240 e. The summed E-state index contributed by atoms with van der Waals surface area (Å²) >= 11 is 7.92. The van der Waals surface area contributed by atoms with E-state index in [9.17, 15) is 8.42 Å². The Labute approximate surface area is 136 Å². The lowest BCUT2D eigenvalue weighted by atomic mass is 10.2. The molecule has 21 heavy (non-hydrogen) atoms. The summed E-state index contributed by atoms with van der Waals surface area (Å²) in [5.74, 6) is 1.85. The SMILES string of the molecule is CC(C)NCc1cc(S(=O)(=O)NC2CCSC2)ccc1Cl. The van der Waals surface area contributed by atoms with Gasteiger partial charge in [0, 0.05) is 29.4 Å². The molecule has 0 aromatic heterocycles. The predicted octanol–water partition coefficient (Wildman–Crippen LogP) is 2.62. The van der Waals surface area contributed by atoms with E-state index in [0.29, 0.717) is 17.6 Å². The van der Waals surface area contributed by atoms with Gasteiger partial charge < -0.3 is 5.32 Å². The molecule has 1 aromatic carbocycles. The number of thioether (sulfide) groups is 1. The first-order valence-corrected chi connectivity index (χ1v) is 10.0. The lowest BCUT2D eigenvalue weighted by molar-refractivity contribution is 0.562. The summed E-state index contributed by atoms with van der Waals surface area (Å²) in [6, 6.07) is 5.22. The maximum Gasteiger partial charge on any atom is 0.240 e. The molecule has 1 unspecified atom stereocenters. The zero-order chi connectivity index (χ0) is 15.5. The zero-order valence-electron chi connectivity index (χ0n) is 12.2. The van der Waals surface area contributed by atoms with Crippen molar-refractivity contribution in [3.05, 3.63) is 28.8 Å². The molecule has 1 atom stereocenters. The van der Waals surface area contributed by atoms with E-state index in [4.69, 9.17) is 11.6 Å². The molecule has 0 spiro atoms. The highest BCUT2D eigenvalue weighted by molar-refractivity contribution is 7.99. The Kier molecular flexibility index (Phi) is 5.96. The van der Waals surface area contributed by atoms with Gasteiger partial charge >= 0.3 is 0 Å². The third kappa shape index (κ3) is 4.86. The average Bonchev–Trinajstić information content (AvgIpc) is 2.89. The van der Waals surface area contributed by atoms with Crippen LogP contribution in [0, 0.1) is 0 Å². The van der Waals surface area contributed by atoms with Crippen LogP contribution in [0.5, 0.6) is 0 Å². The molecule has 118 valence electrons. The second-order valence-electron chi connectivity index (χ2n) is 5.47. The van der Waals surface area contributed by atoms with Gasteiger partial charge in [-0.25, -0.2) is 13.1 Å². The quantitative estimate of drug-likeness (QED) is 0.829. The van der Waals surface area contributed by atoms with E-state index in [-0.39, 0.29) is 10.9 Å². The molecule has 4 nitrogen and oxygen atoms in total. The number of benzene rings is 1. The van der Waals surface area contributed by atoms with E-state index in [1.807, 2.05) is 13.8 Å². The maximum absolute atomic E-state index is 12.4. The van der Waals surface area contributed by atoms with Crippen molar-refractivity contribution in [1.82, 2.24) is 10.0 Å². The van der Waals surface area contributed by atoms with Crippen LogP contribution < -0.4 is 10.0 Å². The molecule has 0 saturated carbocycles. The summed E-state index contributed by atoms with van der Waals surface area (Å²) in [6.07, 6.45) is 0.888. The summed E-state index contributed by atoms with van der Waals surface area (Å²) in [4.78, 5) is 0.282. The third-order valence-corrected chi connectivity index (χ3v) is 6.33. The molecule has 0 radical (unpaired) electrons. The lowest BCUT2D eigenvalue weighted by Crippen LogP contribution is -2.34. The van der Waals surface area contributed by atoms with E-state index in [0.717, 1.165) is 23.5 Å². The fourth-order valence-corrected chi connectivity index (χ4v) is 4.85. The molecule has 0 amide bonds. The molecule has 1 saturated heterocycles. The Morgan fingerprint density at radius 2 is 2.19 bits per heavy atom. The van der Waals surface area contributed by atoms with Crippen LogP contribution in [0.1, 0.15) is 25.8 Å². The van der Waals surface area contributed by atoms with Crippen LogP contribution in [-0.4, -0.2) is 32.0 Å². The first kappa shape index (κ1) is 17.1. The molecule has 1 aliphatic rings. The summed E-state index contributed by atoms with van der Waals surface area (Å²) in [7, 11) is -3.47. The highest BCUT2D eigenvalue weighted by atomic mass is 35.5. The minimum absolute atomic E-state index is 0.0351. The second-order valence-corrected chi connectivity index (χ2v) is 8.74. The van der Waals surface area contributed by atoms with Gasteiger partial charge in [-0.2, -0.15) is 11.8 Å². The standard InChI is InChI=1S/C14H21ClN2O2S2/c1-10(2)16-8-11-7-13(3-4-14(11)15)21(18,19)17-12-5-6-20-9-12/h3-4,7,10,12,16-17H,5-6,8-9H2,1-2H3. The van der Waals surface area contributed by atoms with Gasteiger partial charge in [-0.15, -0.1) is 0 Å². The van der Waals surface area contributed by atoms with E-state index >= 15 is 0 Å². The predicted molar refractivity (Wildman–Crippen MR) is 89.5 cm³/mol. The van der Waals surface area contributed by atoms with Gasteiger partial charge in [0.2, 0.25) is 10.0 Å². The fraction of sp³-hybridized carbons (Fsp3) is 0.571. The summed E-state index contributed by atoms with van der Waals surface area (Å²) in [5, 5.41) is 3.83. The number of rotatable bonds is 6. The van der Waals surface area contributed by atoms with E-state index in [2.05, 4.69) is 10.0 Å². The van der Waals surface area contributed by atoms with Gasteiger partial charge in [0.1, 0.15) is 0 Å². The van der Waals surface area contributed by atoms with Gasteiger partial charge in [0.25, 0.3) is 0 Å². The van der Waals surface area contributed by atoms with Crippen molar-refractivity contribution in [2.45, 2.75) is 43.8 Å². The van der Waals surface area contributed by atoms with Gasteiger partial charge in [0.15, 0.2) is 0 Å². The molecule has 1 heterocycles. The molecule has 0 aliphatic carbocycles. The summed E-state index contributed by atoms with van der Waals surface area (Å²) < 4.78 is 27.6. The van der Waals surface area contributed by atoms with Crippen LogP contribution in [0.3, 0.4) is 0 Å². The molecule has 7 heteroatoms. The topological polar surface area (TPSA) is 58.2 Å². The van der Waals surface area contributed by atoms with E-state index in [1.54, 1.807) is 30.0 Å². The Balaban J connectivity index is 2.16. The summed E-state index contributed by atoms with van der Waals surface area (Å²) in [6.45, 7) is 4.63. The monoisotopic (exact) mass is 348 g/mol. The first-order valence-electron chi connectivity index (χ1n) is 7.00. The van der Waals surface area contributed by atoms with Gasteiger partial charge in [-0.3, -0.25) is 0 Å². The first-order chi connectivity index (χ1) is 9.88. The molecular weight excluding hydrogens is 328 g/mol. The lowest BCUT2D eigenvalue weighted by Gasteiger charge is -2.14. The second kappa shape index (κ2) is 7.33. The summed E-state index contributed by atoms with van der Waals surface area (Å²) in [5.41, 5.74) is 0.800. The minimum Gasteiger partial charge on any atom is -0.310 e. The van der Waals surface area contributed by atoms with Crippen molar-refractivity contribution >= 4 is 33.4 Å². The average molecular weight is 349 g/mol. The highest BCUT2D eigenvalue weighted by Gasteiger charge is 2.23. The molecule has 1 aliphatic heterocycles. The van der Waals surface area contributed by atoms with Crippen LogP contribution in [0.25, 0.3) is 0 Å². The number of halogens is 1. The number of hydrogen-bond donors (Lipinski definition) is 2. The molecule has 2 N–H and O–H groups in total. The Morgan fingerprint density at radius 3 is 2.81 bits per heavy atom. The molecular formula is C14H21ClN2O2S2. The van der Waals surface area contributed by atoms with Crippen molar-refractivity contribution in [1.29, 1.82) is 0 Å². The maximum atomic E-state index is 12.4. The zero-order valence-corrected chi connectivity index (χ0v) is 14.6. The number of sulfonamides is 1. The van der Waals surface area contributed by atoms with E-state index in [1.165, 1.54) is 0 Å². The fourth-order valence-electron chi connectivity index (χ4n) is 2.08. The van der Waals surface area contributed by atoms with Crippen LogP contribution >= 0.6 is 23.4 Å². The molecule has 2 rings (SSSR count). The normalized spacial score (nSPS) is 19.3. The Bertz CT molecular complexity index is 585. The van der Waals surface area contributed by atoms with Crippen molar-refractivity contribution < 1.29 is 8.42 Å². The largest absolute Gasteiger partial charge is 0.310 e. The Hall–Kier alpha value is -0.270. The van der Waals surface area contributed by atoms with Crippen molar-refractivity contribution in [2.75, 3.05) is 11.5 Å². The van der Waals surface area contributed by atoms with Crippen LogP contribution in [0.2, 0.25) is 5.02 Å². The highest BCUT2D eigenvalue weighted by Crippen LogP contribution is 2.23. The van der Waals surface area contributed by atoms with Gasteiger partial charge in [0.05, 0.1) is 4.90 Å². The van der Waals surface area contributed by atoms with Crippen molar-refractivity contribution in [3.8, 4) is 0 Å². The molecule has 1 fully saturated rings. The van der Waals surface area contributed by atoms with Crippen molar-refractivity contribution in [2.24, 2.45) is 0 Å². The Morgan fingerprint density at radius 1 is 1.43 bits per heavy atom. The van der Waals surface area contributed by atoms with Gasteiger partial charge in [-0.1, -0.05) is 25.4 Å². The van der Waals surface area contributed by atoms with Crippen molar-refractivity contribution in [3.63, 3.8) is 0 Å². The molecule has 1 aromatic rings. The van der Waals surface area contributed by atoms with Gasteiger partial charge in [-0.05, 0) is 35.9 Å². The minimum atomic E-state index is -3.47. The van der Waals surface area contributed by atoms with Crippen LogP contribution in [0.15, 0.2) is 23.1 Å². The molecule has 0 bridgehead atoms. The van der Waals surface area contributed by atoms with Crippen LogP contribution in [-0.2, 0) is 16.6 Å². The van der Waals surface area contributed by atoms with E-state index < -0.39 is 10.0 Å². The van der Waals surface area contributed by atoms with Crippen LogP contribution in [0.4, 0.5) is 0 Å². The number of nitrogens with one attached hydrogen (secondary N) is 2. The number of hydrogen-bond acceptors (Lipinski definition) is 4. The third-order valence-electron chi connectivity index (χ3n) is 3.28.